The van der Waals surface area contributed by atoms with E-state index in [0.717, 1.165) is 12.1 Å². The van der Waals surface area contributed by atoms with Gasteiger partial charge in [0.05, 0.1) is 5.56 Å². The molecule has 18 heavy (non-hydrogen) atoms. The fourth-order valence-electron chi connectivity index (χ4n) is 1.34. The van der Waals surface area contributed by atoms with Gasteiger partial charge in [-0.2, -0.15) is 13.2 Å². The van der Waals surface area contributed by atoms with Gasteiger partial charge in [-0.1, -0.05) is 24.3 Å². The van der Waals surface area contributed by atoms with Crippen molar-refractivity contribution in [1.29, 1.82) is 0 Å². The van der Waals surface area contributed by atoms with Gasteiger partial charge in [0.25, 0.3) is 0 Å². The van der Waals surface area contributed by atoms with Crippen LogP contribution in [0, 0.1) is 0 Å². The number of aldehydes is 1. The second-order valence-electron chi connectivity index (χ2n) is 3.54. The van der Waals surface area contributed by atoms with Gasteiger partial charge in [-0.25, -0.2) is 0 Å². The summed E-state index contributed by atoms with van der Waals surface area (Å²) in [6.07, 6.45) is -1.80. The molecule has 0 heterocycles. The molecule has 0 aliphatic carbocycles. The number of amides is 1. The van der Waals surface area contributed by atoms with Gasteiger partial charge >= 0.3 is 6.18 Å². The van der Waals surface area contributed by atoms with Crippen LogP contribution in [-0.2, 0) is 11.0 Å². The van der Waals surface area contributed by atoms with Gasteiger partial charge in [-0.05, 0) is 11.6 Å². The first kappa shape index (κ1) is 14.0. The van der Waals surface area contributed by atoms with Gasteiger partial charge < -0.3 is 5.73 Å². The molecule has 2 N–H and O–H groups in total. The zero-order valence-electron chi connectivity index (χ0n) is 9.20. The number of hydrogen-bond acceptors (Lipinski definition) is 2. The van der Waals surface area contributed by atoms with Crippen molar-refractivity contribution in [2.45, 2.75) is 12.6 Å². The summed E-state index contributed by atoms with van der Waals surface area (Å²) in [7, 11) is 0. The second kappa shape index (κ2) is 5.48. The van der Waals surface area contributed by atoms with Crippen molar-refractivity contribution in [2.24, 2.45) is 5.73 Å². The first-order chi connectivity index (χ1) is 8.34. The number of halogens is 3. The van der Waals surface area contributed by atoms with Crippen LogP contribution in [0.1, 0.15) is 27.9 Å². The second-order valence-corrected chi connectivity index (χ2v) is 3.54. The highest BCUT2D eigenvalue weighted by Crippen LogP contribution is 2.32. The molecule has 1 amide bonds. The Labute approximate surface area is 101 Å². The molecule has 0 saturated carbocycles. The van der Waals surface area contributed by atoms with Crippen LogP contribution < -0.4 is 5.73 Å². The molecule has 0 radical (unpaired) electrons. The fourth-order valence-corrected chi connectivity index (χ4v) is 1.34. The molecule has 0 unspecified atom stereocenters. The lowest BCUT2D eigenvalue weighted by molar-refractivity contribution is -0.137. The molecule has 0 aliphatic heterocycles. The van der Waals surface area contributed by atoms with E-state index in [9.17, 15) is 22.8 Å². The molecule has 1 rings (SSSR count). The largest absolute Gasteiger partial charge is 0.417 e. The van der Waals surface area contributed by atoms with Crippen molar-refractivity contribution in [3.63, 3.8) is 0 Å². The number of benzene rings is 1. The van der Waals surface area contributed by atoms with E-state index in [1.54, 1.807) is 0 Å². The van der Waals surface area contributed by atoms with Gasteiger partial charge in [0.15, 0.2) is 6.29 Å². The Morgan fingerprint density at radius 2 is 2.00 bits per heavy atom. The summed E-state index contributed by atoms with van der Waals surface area (Å²) in [6.45, 7) is 0. The van der Waals surface area contributed by atoms with Gasteiger partial charge in [0, 0.05) is 12.0 Å². The Morgan fingerprint density at radius 3 is 2.50 bits per heavy atom. The highest BCUT2D eigenvalue weighted by molar-refractivity contribution is 5.79. The molecule has 0 aliphatic rings. The minimum atomic E-state index is -4.59. The highest BCUT2D eigenvalue weighted by Gasteiger charge is 2.33. The first-order valence-electron chi connectivity index (χ1n) is 4.96. The summed E-state index contributed by atoms with van der Waals surface area (Å²) in [4.78, 5) is 21.0. The molecular formula is C12H10F3NO2. The normalized spacial score (nSPS) is 11.7. The molecule has 6 heteroatoms. The molecule has 0 bridgehead atoms. The van der Waals surface area contributed by atoms with E-state index in [-0.39, 0.29) is 18.3 Å². The van der Waals surface area contributed by atoms with Crippen molar-refractivity contribution >= 4 is 18.3 Å². The van der Waals surface area contributed by atoms with Crippen LogP contribution in [0.2, 0.25) is 0 Å². The van der Waals surface area contributed by atoms with Crippen molar-refractivity contribution in [3.8, 4) is 0 Å². The minimum Gasteiger partial charge on any atom is -0.369 e. The number of carbonyl (C=O) groups is 2. The summed E-state index contributed by atoms with van der Waals surface area (Å²) in [5, 5.41) is 0. The van der Waals surface area contributed by atoms with Crippen LogP contribution in [0.25, 0.3) is 6.08 Å². The van der Waals surface area contributed by atoms with Crippen LogP contribution in [0.3, 0.4) is 0 Å². The van der Waals surface area contributed by atoms with Crippen molar-refractivity contribution < 1.29 is 22.8 Å². The van der Waals surface area contributed by atoms with E-state index < -0.39 is 23.2 Å². The Morgan fingerprint density at radius 1 is 1.33 bits per heavy atom. The van der Waals surface area contributed by atoms with Crippen molar-refractivity contribution in [3.05, 3.63) is 41.0 Å². The smallest absolute Gasteiger partial charge is 0.369 e. The van der Waals surface area contributed by atoms with Crippen LogP contribution in [0.15, 0.2) is 24.3 Å². The van der Waals surface area contributed by atoms with E-state index >= 15 is 0 Å². The molecule has 3 nitrogen and oxygen atoms in total. The van der Waals surface area contributed by atoms with Crippen molar-refractivity contribution in [1.82, 2.24) is 0 Å². The lowest BCUT2D eigenvalue weighted by Gasteiger charge is -2.09. The maximum atomic E-state index is 12.6. The van der Waals surface area contributed by atoms with Gasteiger partial charge in [0.2, 0.25) is 5.91 Å². The van der Waals surface area contributed by atoms with Crippen LogP contribution in [0.5, 0.6) is 0 Å². The number of alkyl halides is 3. The van der Waals surface area contributed by atoms with Crippen molar-refractivity contribution in [2.75, 3.05) is 0 Å². The molecule has 0 saturated heterocycles. The standard InChI is InChI=1S/C12H10F3NO2/c13-12(14,15)10-6-8(2-1-3-11(16)18)4-5-9(10)7-17/h1-2,4-7H,3H2,(H2,16,18). The number of hydrogen-bond donors (Lipinski definition) is 1. The van der Waals surface area contributed by atoms with E-state index in [1.807, 2.05) is 0 Å². The first-order valence-corrected chi connectivity index (χ1v) is 4.96. The molecule has 96 valence electrons. The third kappa shape index (κ3) is 3.73. The highest BCUT2D eigenvalue weighted by atomic mass is 19.4. The lowest BCUT2D eigenvalue weighted by atomic mass is 10.0. The van der Waals surface area contributed by atoms with E-state index in [2.05, 4.69) is 0 Å². The molecule has 0 spiro atoms. The number of nitrogens with two attached hydrogens (primary N) is 1. The predicted molar refractivity (Wildman–Crippen MR) is 59.7 cm³/mol. The monoisotopic (exact) mass is 257 g/mol. The Kier molecular flexibility index (Phi) is 4.25. The molecular weight excluding hydrogens is 247 g/mol. The Bertz CT molecular complexity index is 493. The fraction of sp³-hybridized carbons (Fsp3) is 0.167. The van der Waals surface area contributed by atoms with Crippen LogP contribution in [-0.4, -0.2) is 12.2 Å². The van der Waals surface area contributed by atoms with E-state index in [0.29, 0.717) is 0 Å². The van der Waals surface area contributed by atoms with Gasteiger partial charge in [-0.3, -0.25) is 9.59 Å². The number of primary amides is 1. The average molecular weight is 257 g/mol. The summed E-state index contributed by atoms with van der Waals surface area (Å²) < 4.78 is 37.8. The minimum absolute atomic E-state index is 0.0587. The molecule has 0 aromatic heterocycles. The van der Waals surface area contributed by atoms with Crippen LogP contribution in [0.4, 0.5) is 13.2 Å². The molecule has 0 fully saturated rings. The summed E-state index contributed by atoms with van der Waals surface area (Å²) in [6, 6.07) is 3.29. The van der Waals surface area contributed by atoms with Gasteiger partial charge in [-0.15, -0.1) is 0 Å². The molecule has 1 aromatic carbocycles. The average Bonchev–Trinajstić information content (AvgIpc) is 2.27. The third-order valence-electron chi connectivity index (χ3n) is 2.14. The lowest BCUT2D eigenvalue weighted by Crippen LogP contribution is -2.09. The van der Waals surface area contributed by atoms with E-state index in [1.165, 1.54) is 18.2 Å². The number of carbonyl (C=O) groups excluding carboxylic acids is 2. The molecule has 1 aromatic rings. The van der Waals surface area contributed by atoms with Gasteiger partial charge in [0.1, 0.15) is 0 Å². The summed E-state index contributed by atoms with van der Waals surface area (Å²) in [5.41, 5.74) is 3.71. The maximum absolute atomic E-state index is 12.6. The number of rotatable bonds is 4. The quantitative estimate of drug-likeness (QED) is 0.842. The molecule has 0 atom stereocenters. The Hall–Kier alpha value is -2.11. The zero-order chi connectivity index (χ0) is 13.8. The Balaban J connectivity index is 3.07. The summed E-state index contributed by atoms with van der Waals surface area (Å²) >= 11 is 0. The van der Waals surface area contributed by atoms with E-state index in [4.69, 9.17) is 5.73 Å². The summed E-state index contributed by atoms with van der Waals surface area (Å²) in [5.74, 6) is -0.577. The maximum Gasteiger partial charge on any atom is 0.417 e. The predicted octanol–water partition coefficient (Wildman–Crippen LogP) is 2.41. The third-order valence-corrected chi connectivity index (χ3v) is 2.14. The zero-order valence-corrected chi connectivity index (χ0v) is 9.20. The SMILES string of the molecule is NC(=O)CC=Cc1ccc(C=O)c(C(F)(F)F)c1. The van der Waals surface area contributed by atoms with Crippen LogP contribution >= 0.6 is 0 Å². The topological polar surface area (TPSA) is 60.2 Å².